The van der Waals surface area contributed by atoms with Crippen LogP contribution in [0.5, 0.6) is 5.75 Å². The summed E-state index contributed by atoms with van der Waals surface area (Å²) in [5, 5.41) is 6.75. The Morgan fingerprint density at radius 1 is 1.57 bits per heavy atom. The molecule has 2 N–H and O–H groups in total. The molecule has 2 unspecified atom stereocenters. The third kappa shape index (κ3) is 5.66. The number of ether oxygens (including phenoxy) is 1. The van der Waals surface area contributed by atoms with Gasteiger partial charge in [0.25, 0.3) is 5.91 Å². The number of hydrogen-bond acceptors (Lipinski definition) is 3. The van der Waals surface area contributed by atoms with Gasteiger partial charge in [0.1, 0.15) is 5.75 Å². The van der Waals surface area contributed by atoms with E-state index in [1.807, 2.05) is 6.07 Å². The van der Waals surface area contributed by atoms with E-state index in [-0.39, 0.29) is 31.0 Å². The first-order chi connectivity index (χ1) is 9.56. The second-order valence-corrected chi connectivity index (χ2v) is 6.33. The van der Waals surface area contributed by atoms with Crippen LogP contribution in [0.3, 0.4) is 0 Å². The maximum Gasteiger partial charge on any atom is 0.258 e. The first-order valence-electron chi connectivity index (χ1n) is 6.64. The average molecular weight is 398 g/mol. The molecule has 21 heavy (non-hydrogen) atoms. The summed E-state index contributed by atoms with van der Waals surface area (Å²) in [6.07, 6.45) is 1.07. The van der Waals surface area contributed by atoms with E-state index in [2.05, 4.69) is 33.5 Å². The van der Waals surface area contributed by atoms with Crippen molar-refractivity contribution in [3.63, 3.8) is 0 Å². The number of rotatable bonds is 4. The molecule has 7 heteroatoms. The summed E-state index contributed by atoms with van der Waals surface area (Å²) < 4.78 is 6.32. The third-order valence-electron chi connectivity index (χ3n) is 3.43. The van der Waals surface area contributed by atoms with Crippen molar-refractivity contribution in [1.29, 1.82) is 0 Å². The zero-order valence-electron chi connectivity index (χ0n) is 11.7. The number of amides is 1. The summed E-state index contributed by atoms with van der Waals surface area (Å²) in [7, 11) is 0. The lowest BCUT2D eigenvalue weighted by Crippen LogP contribution is -2.51. The number of carbonyl (C=O) groups excluding carboxylic acids is 1. The molecule has 1 aromatic rings. The molecule has 1 amide bonds. The summed E-state index contributed by atoms with van der Waals surface area (Å²) in [6.45, 7) is 3.95. The van der Waals surface area contributed by atoms with Crippen LogP contribution in [0.2, 0.25) is 5.02 Å². The largest absolute Gasteiger partial charge is 0.482 e. The monoisotopic (exact) mass is 396 g/mol. The van der Waals surface area contributed by atoms with Crippen molar-refractivity contribution in [3.8, 4) is 5.75 Å². The minimum Gasteiger partial charge on any atom is -0.482 e. The zero-order chi connectivity index (χ0) is 14.5. The van der Waals surface area contributed by atoms with Gasteiger partial charge in [-0.2, -0.15) is 0 Å². The fourth-order valence-electron chi connectivity index (χ4n) is 2.17. The van der Waals surface area contributed by atoms with Crippen LogP contribution in [0.25, 0.3) is 0 Å². The summed E-state index contributed by atoms with van der Waals surface area (Å²) >= 11 is 9.35. The molecule has 0 bridgehead atoms. The lowest BCUT2D eigenvalue weighted by Gasteiger charge is -2.30. The molecule has 0 radical (unpaired) electrons. The predicted octanol–water partition coefficient (Wildman–Crippen LogP) is 3.02. The second-order valence-electron chi connectivity index (χ2n) is 5.01. The molecule has 4 nitrogen and oxygen atoms in total. The van der Waals surface area contributed by atoms with E-state index < -0.39 is 0 Å². The van der Waals surface area contributed by atoms with Gasteiger partial charge in [0.2, 0.25) is 0 Å². The molecule has 1 aromatic carbocycles. The molecule has 2 atom stereocenters. The summed E-state index contributed by atoms with van der Waals surface area (Å²) in [5.74, 6) is 0.876. The Morgan fingerprint density at radius 2 is 2.33 bits per heavy atom. The topological polar surface area (TPSA) is 50.4 Å². The zero-order valence-corrected chi connectivity index (χ0v) is 14.9. The van der Waals surface area contributed by atoms with Gasteiger partial charge in [-0.1, -0.05) is 34.5 Å². The van der Waals surface area contributed by atoms with Crippen LogP contribution in [0, 0.1) is 5.92 Å². The van der Waals surface area contributed by atoms with Gasteiger partial charge in [0.05, 0.1) is 5.02 Å². The summed E-state index contributed by atoms with van der Waals surface area (Å²) in [6, 6.07) is 5.47. The van der Waals surface area contributed by atoms with Crippen molar-refractivity contribution < 1.29 is 9.53 Å². The van der Waals surface area contributed by atoms with E-state index in [0.29, 0.717) is 16.7 Å². The number of piperidine rings is 1. The van der Waals surface area contributed by atoms with Crippen molar-refractivity contribution >= 4 is 45.8 Å². The van der Waals surface area contributed by atoms with Gasteiger partial charge in [-0.25, -0.2) is 0 Å². The van der Waals surface area contributed by atoms with Crippen LogP contribution >= 0.6 is 39.9 Å². The van der Waals surface area contributed by atoms with E-state index in [9.17, 15) is 4.79 Å². The first kappa shape index (κ1) is 18.6. The molecule has 1 fully saturated rings. The molecular weight excluding hydrogens is 379 g/mol. The van der Waals surface area contributed by atoms with E-state index in [4.69, 9.17) is 16.3 Å². The Hall–Kier alpha value is -0.490. The maximum absolute atomic E-state index is 11.9. The van der Waals surface area contributed by atoms with Crippen LogP contribution in [0.15, 0.2) is 22.7 Å². The van der Waals surface area contributed by atoms with Gasteiger partial charge in [0, 0.05) is 17.1 Å². The lowest BCUT2D eigenvalue weighted by molar-refractivity contribution is -0.124. The minimum atomic E-state index is -0.121. The number of nitrogens with one attached hydrogen (secondary N) is 2. The standard InChI is InChI=1S/C14H18BrClN2O2.ClH/c1-9-4-5-17-7-12(9)18-14(19)8-20-13-3-2-10(15)6-11(13)16;/h2-3,6,9,12,17H,4-5,7-8H2,1H3,(H,18,19);1H. The van der Waals surface area contributed by atoms with Crippen LogP contribution in [0.1, 0.15) is 13.3 Å². The molecule has 2 rings (SSSR count). The molecule has 0 saturated carbocycles. The van der Waals surface area contributed by atoms with Crippen molar-refractivity contribution in [2.24, 2.45) is 5.92 Å². The van der Waals surface area contributed by atoms with Gasteiger partial charge < -0.3 is 15.4 Å². The Morgan fingerprint density at radius 3 is 3.00 bits per heavy atom. The molecule has 1 aliphatic rings. The third-order valence-corrected chi connectivity index (χ3v) is 4.22. The van der Waals surface area contributed by atoms with E-state index in [1.165, 1.54) is 0 Å². The SMILES string of the molecule is CC1CCNCC1NC(=O)COc1ccc(Br)cc1Cl.Cl. The summed E-state index contributed by atoms with van der Waals surface area (Å²) in [5.41, 5.74) is 0. The first-order valence-corrected chi connectivity index (χ1v) is 7.81. The predicted molar refractivity (Wildman–Crippen MR) is 90.5 cm³/mol. The quantitative estimate of drug-likeness (QED) is 0.820. The average Bonchev–Trinajstić information content (AvgIpc) is 2.40. The highest BCUT2D eigenvalue weighted by atomic mass is 79.9. The number of benzene rings is 1. The van der Waals surface area contributed by atoms with Crippen LogP contribution in [0.4, 0.5) is 0 Å². The molecule has 118 valence electrons. The number of carbonyl (C=O) groups is 1. The second kappa shape index (κ2) is 8.83. The Labute approximate surface area is 144 Å². The van der Waals surface area contributed by atoms with E-state index >= 15 is 0 Å². The highest BCUT2D eigenvalue weighted by Gasteiger charge is 2.22. The molecule has 0 aromatic heterocycles. The maximum atomic E-state index is 11.9. The minimum absolute atomic E-state index is 0. The molecule has 0 aliphatic carbocycles. The summed E-state index contributed by atoms with van der Waals surface area (Å²) in [4.78, 5) is 11.9. The molecule has 1 aliphatic heterocycles. The smallest absolute Gasteiger partial charge is 0.258 e. The molecule has 1 heterocycles. The fourth-order valence-corrected chi connectivity index (χ4v) is 2.89. The highest BCUT2D eigenvalue weighted by Crippen LogP contribution is 2.27. The lowest BCUT2D eigenvalue weighted by atomic mass is 9.95. The van der Waals surface area contributed by atoms with Gasteiger partial charge in [-0.3, -0.25) is 4.79 Å². The fraction of sp³-hybridized carbons (Fsp3) is 0.500. The molecule has 1 saturated heterocycles. The van der Waals surface area contributed by atoms with Gasteiger partial charge in [0.15, 0.2) is 6.61 Å². The Kier molecular flexibility index (Phi) is 7.81. The van der Waals surface area contributed by atoms with Crippen molar-refractivity contribution in [1.82, 2.24) is 10.6 Å². The van der Waals surface area contributed by atoms with Gasteiger partial charge >= 0.3 is 0 Å². The van der Waals surface area contributed by atoms with E-state index in [0.717, 1.165) is 24.0 Å². The van der Waals surface area contributed by atoms with Crippen molar-refractivity contribution in [3.05, 3.63) is 27.7 Å². The normalized spacial score (nSPS) is 21.3. The Bertz CT molecular complexity index is 488. The highest BCUT2D eigenvalue weighted by molar-refractivity contribution is 9.10. The van der Waals surface area contributed by atoms with Crippen molar-refractivity contribution in [2.75, 3.05) is 19.7 Å². The van der Waals surface area contributed by atoms with Crippen LogP contribution in [-0.2, 0) is 4.79 Å². The van der Waals surface area contributed by atoms with Gasteiger partial charge in [-0.05, 0) is 37.1 Å². The van der Waals surface area contributed by atoms with Crippen molar-refractivity contribution in [2.45, 2.75) is 19.4 Å². The van der Waals surface area contributed by atoms with Crippen LogP contribution in [-0.4, -0.2) is 31.6 Å². The van der Waals surface area contributed by atoms with Gasteiger partial charge in [-0.15, -0.1) is 12.4 Å². The van der Waals surface area contributed by atoms with Crippen LogP contribution < -0.4 is 15.4 Å². The number of hydrogen-bond donors (Lipinski definition) is 2. The molecular formula is C14H19BrCl2N2O2. The molecule has 0 spiro atoms. The number of halogens is 3. The van der Waals surface area contributed by atoms with E-state index in [1.54, 1.807) is 12.1 Å². The Balaban J connectivity index is 0.00000220.